The highest BCUT2D eigenvalue weighted by molar-refractivity contribution is 8.02. The third-order valence-corrected chi connectivity index (χ3v) is 3.77. The van der Waals surface area contributed by atoms with Gasteiger partial charge in [-0.05, 0) is 37.9 Å². The molecule has 0 bridgehead atoms. The number of unbranched alkanes of at least 4 members (excludes halogenated alkanes) is 5. The molecule has 0 unspecified atom stereocenters. The molecule has 84 valence electrons. The zero-order valence-electron chi connectivity index (χ0n) is 10.4. The summed E-state index contributed by atoms with van der Waals surface area (Å²) in [7, 11) is 0. The average molecular weight is 214 g/mol. The van der Waals surface area contributed by atoms with E-state index in [9.17, 15) is 0 Å². The maximum Gasteiger partial charge on any atom is -0.0140 e. The first-order valence-electron chi connectivity index (χ1n) is 5.92. The van der Waals surface area contributed by atoms with Crippen molar-refractivity contribution in [2.24, 2.45) is 0 Å². The van der Waals surface area contributed by atoms with Gasteiger partial charge in [0.15, 0.2) is 0 Å². The summed E-state index contributed by atoms with van der Waals surface area (Å²) in [6.45, 7) is 6.78. The molecule has 0 aromatic heterocycles. The number of thioether (sulfide) groups is 1. The van der Waals surface area contributed by atoms with Crippen molar-refractivity contribution in [2.75, 3.05) is 6.26 Å². The van der Waals surface area contributed by atoms with E-state index in [-0.39, 0.29) is 0 Å². The van der Waals surface area contributed by atoms with Crippen molar-refractivity contribution in [3.63, 3.8) is 0 Å². The molecule has 0 rings (SSSR count). The first-order chi connectivity index (χ1) is 6.72. The zero-order chi connectivity index (χ0) is 10.8. The van der Waals surface area contributed by atoms with E-state index in [1.807, 2.05) is 11.8 Å². The molecule has 0 atom stereocenters. The molecule has 0 aromatic rings. The van der Waals surface area contributed by atoms with Gasteiger partial charge in [0.25, 0.3) is 0 Å². The Morgan fingerprint density at radius 2 is 1.50 bits per heavy atom. The molecule has 14 heavy (non-hydrogen) atoms. The van der Waals surface area contributed by atoms with Gasteiger partial charge in [-0.2, -0.15) is 0 Å². The highest BCUT2D eigenvalue weighted by atomic mass is 32.2. The molecule has 0 spiro atoms. The van der Waals surface area contributed by atoms with Gasteiger partial charge < -0.3 is 0 Å². The second kappa shape index (κ2) is 9.64. The van der Waals surface area contributed by atoms with Gasteiger partial charge in [0.1, 0.15) is 0 Å². The molecule has 0 N–H and O–H groups in total. The van der Waals surface area contributed by atoms with Gasteiger partial charge >= 0.3 is 0 Å². The Labute approximate surface area is 94.6 Å². The Morgan fingerprint density at radius 3 is 2.07 bits per heavy atom. The van der Waals surface area contributed by atoms with Crippen LogP contribution in [-0.2, 0) is 0 Å². The van der Waals surface area contributed by atoms with E-state index in [2.05, 4.69) is 27.0 Å². The lowest BCUT2D eigenvalue weighted by molar-refractivity contribution is 0.606. The molecule has 0 nitrogen and oxygen atoms in total. The molecular weight excluding hydrogens is 188 g/mol. The van der Waals surface area contributed by atoms with Crippen LogP contribution in [0.15, 0.2) is 10.5 Å². The molecule has 0 heterocycles. The van der Waals surface area contributed by atoms with Gasteiger partial charge in [0.2, 0.25) is 0 Å². The SMILES string of the molecule is CCCCCCCC/C(C)=C(\C)SC. The van der Waals surface area contributed by atoms with Crippen LogP contribution in [0, 0.1) is 0 Å². The van der Waals surface area contributed by atoms with E-state index >= 15 is 0 Å². The molecule has 0 aliphatic heterocycles. The molecule has 0 radical (unpaired) electrons. The monoisotopic (exact) mass is 214 g/mol. The number of allylic oxidation sites excluding steroid dienone is 2. The Kier molecular flexibility index (Phi) is 9.70. The standard InChI is InChI=1S/C13H26S/c1-5-6-7-8-9-10-11-12(2)13(3)14-4/h5-11H2,1-4H3/b13-12+. The van der Waals surface area contributed by atoms with Crippen LogP contribution in [0.5, 0.6) is 0 Å². The van der Waals surface area contributed by atoms with Crippen molar-refractivity contribution in [2.45, 2.75) is 65.7 Å². The van der Waals surface area contributed by atoms with Crippen molar-refractivity contribution in [1.29, 1.82) is 0 Å². The van der Waals surface area contributed by atoms with Crippen LogP contribution in [0.1, 0.15) is 65.7 Å². The summed E-state index contributed by atoms with van der Waals surface area (Å²) in [5.74, 6) is 0. The van der Waals surface area contributed by atoms with Crippen LogP contribution in [0.25, 0.3) is 0 Å². The van der Waals surface area contributed by atoms with E-state index in [0.717, 1.165) is 0 Å². The summed E-state index contributed by atoms with van der Waals surface area (Å²) in [6.07, 6.45) is 11.9. The Hall–Kier alpha value is 0.0900. The largest absolute Gasteiger partial charge is 0.134 e. The fourth-order valence-electron chi connectivity index (χ4n) is 1.52. The van der Waals surface area contributed by atoms with E-state index in [1.165, 1.54) is 49.9 Å². The maximum atomic E-state index is 2.28. The molecule has 0 saturated carbocycles. The van der Waals surface area contributed by atoms with Crippen LogP contribution >= 0.6 is 11.8 Å². The first-order valence-corrected chi connectivity index (χ1v) is 7.15. The van der Waals surface area contributed by atoms with Crippen molar-refractivity contribution in [1.82, 2.24) is 0 Å². The van der Waals surface area contributed by atoms with Gasteiger partial charge in [-0.25, -0.2) is 0 Å². The second-order valence-electron chi connectivity index (χ2n) is 4.06. The third kappa shape index (κ3) is 7.49. The van der Waals surface area contributed by atoms with Crippen LogP contribution in [-0.4, -0.2) is 6.26 Å². The van der Waals surface area contributed by atoms with Crippen LogP contribution in [0.3, 0.4) is 0 Å². The highest BCUT2D eigenvalue weighted by Crippen LogP contribution is 2.20. The van der Waals surface area contributed by atoms with E-state index < -0.39 is 0 Å². The number of hydrogen-bond donors (Lipinski definition) is 0. The number of hydrogen-bond acceptors (Lipinski definition) is 1. The minimum Gasteiger partial charge on any atom is -0.134 e. The van der Waals surface area contributed by atoms with Crippen LogP contribution < -0.4 is 0 Å². The molecule has 0 saturated heterocycles. The van der Waals surface area contributed by atoms with Gasteiger partial charge in [-0.3, -0.25) is 0 Å². The van der Waals surface area contributed by atoms with E-state index in [4.69, 9.17) is 0 Å². The molecule has 0 fully saturated rings. The van der Waals surface area contributed by atoms with Gasteiger partial charge in [-0.1, -0.05) is 44.6 Å². The van der Waals surface area contributed by atoms with Crippen LogP contribution in [0.4, 0.5) is 0 Å². The zero-order valence-corrected chi connectivity index (χ0v) is 11.2. The van der Waals surface area contributed by atoms with Crippen LogP contribution in [0.2, 0.25) is 0 Å². The Balaban J connectivity index is 3.36. The van der Waals surface area contributed by atoms with E-state index in [1.54, 1.807) is 5.57 Å². The predicted molar refractivity (Wildman–Crippen MR) is 69.9 cm³/mol. The summed E-state index contributed by atoms with van der Waals surface area (Å²) >= 11 is 1.88. The molecule has 0 aromatic carbocycles. The maximum absolute atomic E-state index is 2.28. The fraction of sp³-hybridized carbons (Fsp3) is 0.846. The van der Waals surface area contributed by atoms with Gasteiger partial charge in [-0.15, -0.1) is 11.8 Å². The summed E-state index contributed by atoms with van der Waals surface area (Å²) in [4.78, 5) is 1.51. The fourth-order valence-corrected chi connectivity index (χ4v) is 1.97. The molecular formula is C13H26S. The molecule has 0 aliphatic carbocycles. The Bertz CT molecular complexity index is 159. The molecule has 0 amide bonds. The highest BCUT2D eigenvalue weighted by Gasteiger charge is 1.96. The van der Waals surface area contributed by atoms with Crippen molar-refractivity contribution >= 4 is 11.8 Å². The minimum absolute atomic E-state index is 1.30. The number of rotatable bonds is 8. The minimum atomic E-state index is 1.30. The lowest BCUT2D eigenvalue weighted by atomic mass is 10.1. The van der Waals surface area contributed by atoms with Crippen molar-refractivity contribution < 1.29 is 0 Å². The Morgan fingerprint density at radius 1 is 0.929 bits per heavy atom. The topological polar surface area (TPSA) is 0 Å². The first kappa shape index (κ1) is 14.1. The van der Waals surface area contributed by atoms with Crippen molar-refractivity contribution in [3.05, 3.63) is 10.5 Å². The molecule has 1 heteroatoms. The van der Waals surface area contributed by atoms with Gasteiger partial charge in [0, 0.05) is 0 Å². The summed E-state index contributed by atoms with van der Waals surface area (Å²) in [5.41, 5.74) is 1.59. The quantitative estimate of drug-likeness (QED) is 0.488. The summed E-state index contributed by atoms with van der Waals surface area (Å²) < 4.78 is 0. The lowest BCUT2D eigenvalue weighted by Crippen LogP contribution is -1.83. The predicted octanol–water partition coefficient (Wildman–Crippen LogP) is 5.39. The second-order valence-corrected chi connectivity index (χ2v) is 5.08. The molecule has 0 aliphatic rings. The van der Waals surface area contributed by atoms with Crippen molar-refractivity contribution in [3.8, 4) is 0 Å². The normalized spacial score (nSPS) is 12.9. The average Bonchev–Trinajstić information content (AvgIpc) is 2.21. The third-order valence-electron chi connectivity index (χ3n) is 2.81. The summed E-state index contributed by atoms with van der Waals surface area (Å²) in [5, 5.41) is 0. The summed E-state index contributed by atoms with van der Waals surface area (Å²) in [6, 6.07) is 0. The van der Waals surface area contributed by atoms with Gasteiger partial charge in [0.05, 0.1) is 0 Å². The van der Waals surface area contributed by atoms with E-state index in [0.29, 0.717) is 0 Å². The smallest absolute Gasteiger partial charge is 0.0140 e. The lowest BCUT2D eigenvalue weighted by Gasteiger charge is -2.05.